The molecule has 0 spiro atoms. The van der Waals surface area contributed by atoms with Crippen molar-refractivity contribution in [1.29, 1.82) is 0 Å². The number of hydrogen-bond acceptors (Lipinski definition) is 3. The molecule has 1 aromatic heterocycles. The summed E-state index contributed by atoms with van der Waals surface area (Å²) in [5, 5.41) is 11.3. The highest BCUT2D eigenvalue weighted by Crippen LogP contribution is 2.22. The first-order valence-corrected chi connectivity index (χ1v) is 6.82. The Morgan fingerprint density at radius 2 is 2.05 bits per heavy atom. The number of rotatable bonds is 4. The maximum absolute atomic E-state index is 11.9. The summed E-state index contributed by atoms with van der Waals surface area (Å²) in [6.45, 7) is 0. The number of carbonyl (C=O) groups excluding carboxylic acids is 1. The number of hydrogen-bond donors (Lipinski definition) is 2. The molecule has 2 rings (SSSR count). The molecule has 0 bridgehead atoms. The topological polar surface area (TPSA) is 66.4 Å². The van der Waals surface area contributed by atoms with E-state index in [4.69, 9.17) is 16.7 Å². The van der Waals surface area contributed by atoms with Gasteiger partial charge in [0.2, 0.25) is 0 Å². The molecule has 0 saturated heterocycles. The van der Waals surface area contributed by atoms with Crippen LogP contribution in [0.4, 0.5) is 5.69 Å². The zero-order valence-electron chi connectivity index (χ0n) is 10.2. The number of carboxylic acid groups (broad SMARTS) is 1. The maximum Gasteiger partial charge on any atom is 0.328 e. The molecule has 0 saturated carbocycles. The highest BCUT2D eigenvalue weighted by Gasteiger charge is 2.08. The fourth-order valence-electron chi connectivity index (χ4n) is 1.52. The summed E-state index contributed by atoms with van der Waals surface area (Å²) in [6, 6.07) is 10.2. The van der Waals surface area contributed by atoms with Crippen LogP contribution >= 0.6 is 22.9 Å². The number of aliphatic carboxylic acids is 1. The Bertz CT molecular complexity index is 679. The first kappa shape index (κ1) is 14.3. The number of thiophene rings is 1. The normalized spacial score (nSPS) is 10.7. The van der Waals surface area contributed by atoms with Gasteiger partial charge in [0, 0.05) is 11.8 Å². The molecule has 1 heterocycles. The van der Waals surface area contributed by atoms with Gasteiger partial charge < -0.3 is 10.4 Å². The van der Waals surface area contributed by atoms with Crippen LogP contribution < -0.4 is 5.32 Å². The first-order chi connectivity index (χ1) is 9.54. The Kier molecular flexibility index (Phi) is 4.55. The Hall–Kier alpha value is -2.11. The number of nitrogens with one attached hydrogen (secondary N) is 1. The van der Waals surface area contributed by atoms with E-state index in [0.29, 0.717) is 20.5 Å². The molecule has 0 aliphatic rings. The van der Waals surface area contributed by atoms with E-state index < -0.39 is 5.97 Å². The molecule has 0 unspecified atom stereocenters. The molecule has 102 valence electrons. The number of halogens is 1. The quantitative estimate of drug-likeness (QED) is 0.845. The van der Waals surface area contributed by atoms with Crippen molar-refractivity contribution in [3.05, 3.63) is 57.3 Å². The smallest absolute Gasteiger partial charge is 0.328 e. The average molecular weight is 308 g/mol. The van der Waals surface area contributed by atoms with E-state index in [0.717, 1.165) is 6.08 Å². The minimum atomic E-state index is -1.02. The summed E-state index contributed by atoms with van der Waals surface area (Å²) < 4.78 is 0.549. The number of carboxylic acids is 1. The molecule has 2 N–H and O–H groups in total. The molecule has 20 heavy (non-hydrogen) atoms. The van der Waals surface area contributed by atoms with Crippen molar-refractivity contribution in [3.8, 4) is 0 Å². The van der Waals surface area contributed by atoms with Gasteiger partial charge in [0.25, 0.3) is 5.91 Å². The Morgan fingerprint density at radius 1 is 1.25 bits per heavy atom. The third-order valence-electron chi connectivity index (χ3n) is 2.36. The average Bonchev–Trinajstić information content (AvgIpc) is 2.84. The van der Waals surface area contributed by atoms with E-state index in [2.05, 4.69) is 5.32 Å². The summed E-state index contributed by atoms with van der Waals surface area (Å²) in [4.78, 5) is 22.9. The molecule has 0 atom stereocenters. The van der Waals surface area contributed by atoms with Crippen molar-refractivity contribution in [1.82, 2.24) is 0 Å². The van der Waals surface area contributed by atoms with Gasteiger partial charge in [-0.15, -0.1) is 11.3 Å². The van der Waals surface area contributed by atoms with Crippen LogP contribution in [0.3, 0.4) is 0 Å². The zero-order valence-corrected chi connectivity index (χ0v) is 11.7. The van der Waals surface area contributed by atoms with E-state index in [1.807, 2.05) is 0 Å². The van der Waals surface area contributed by atoms with Crippen LogP contribution in [0, 0.1) is 0 Å². The minimum Gasteiger partial charge on any atom is -0.478 e. The third kappa shape index (κ3) is 3.94. The second kappa shape index (κ2) is 6.36. The van der Waals surface area contributed by atoms with Crippen molar-refractivity contribution in [3.63, 3.8) is 0 Å². The lowest BCUT2D eigenvalue weighted by Gasteiger charge is -2.04. The van der Waals surface area contributed by atoms with Gasteiger partial charge in [0.1, 0.15) is 0 Å². The molecule has 0 fully saturated rings. The highest BCUT2D eigenvalue weighted by atomic mass is 35.5. The minimum absolute atomic E-state index is 0.249. The van der Waals surface area contributed by atoms with Gasteiger partial charge in [-0.2, -0.15) is 0 Å². The fraction of sp³-hybridized carbons (Fsp3) is 0. The van der Waals surface area contributed by atoms with Gasteiger partial charge in [0.15, 0.2) is 0 Å². The largest absolute Gasteiger partial charge is 0.478 e. The van der Waals surface area contributed by atoms with Crippen molar-refractivity contribution in [2.45, 2.75) is 0 Å². The lowest BCUT2D eigenvalue weighted by molar-refractivity contribution is -0.131. The molecule has 0 aliphatic heterocycles. The summed E-state index contributed by atoms with van der Waals surface area (Å²) in [5.74, 6) is -1.27. The Morgan fingerprint density at radius 3 is 2.70 bits per heavy atom. The molecule has 4 nitrogen and oxygen atoms in total. The van der Waals surface area contributed by atoms with Crippen LogP contribution in [-0.4, -0.2) is 17.0 Å². The number of benzene rings is 1. The van der Waals surface area contributed by atoms with Crippen LogP contribution in [0.25, 0.3) is 6.08 Å². The molecule has 6 heteroatoms. The second-order valence-electron chi connectivity index (χ2n) is 3.85. The fourth-order valence-corrected chi connectivity index (χ4v) is 2.45. The van der Waals surface area contributed by atoms with Gasteiger partial charge >= 0.3 is 5.97 Å². The molecular formula is C14H10ClNO3S. The van der Waals surface area contributed by atoms with E-state index in [1.165, 1.54) is 17.4 Å². The predicted octanol–water partition coefficient (Wildman–Crippen LogP) is 3.75. The number of anilines is 1. The third-order valence-corrected chi connectivity index (χ3v) is 3.59. The predicted molar refractivity (Wildman–Crippen MR) is 80.4 cm³/mol. The summed E-state index contributed by atoms with van der Waals surface area (Å²) in [6.07, 6.45) is 2.50. The number of amides is 1. The van der Waals surface area contributed by atoms with E-state index in [1.54, 1.807) is 36.4 Å². The summed E-state index contributed by atoms with van der Waals surface area (Å²) in [5.41, 5.74) is 1.28. The molecule has 0 aliphatic carbocycles. The molecule has 0 radical (unpaired) electrons. The molecule has 1 amide bonds. The monoisotopic (exact) mass is 307 g/mol. The van der Waals surface area contributed by atoms with Crippen molar-refractivity contribution in [2.75, 3.05) is 5.32 Å². The van der Waals surface area contributed by atoms with E-state index in [9.17, 15) is 9.59 Å². The molecule has 1 aromatic carbocycles. The highest BCUT2D eigenvalue weighted by molar-refractivity contribution is 7.18. The van der Waals surface area contributed by atoms with Crippen LogP contribution in [0.15, 0.2) is 42.5 Å². The summed E-state index contributed by atoms with van der Waals surface area (Å²) in [7, 11) is 0. The van der Waals surface area contributed by atoms with Gasteiger partial charge in [-0.1, -0.05) is 23.7 Å². The number of carbonyl (C=O) groups is 2. The van der Waals surface area contributed by atoms with Crippen molar-refractivity contribution in [2.24, 2.45) is 0 Å². The van der Waals surface area contributed by atoms with Crippen molar-refractivity contribution >= 4 is 46.6 Å². The first-order valence-electron chi connectivity index (χ1n) is 5.62. The Balaban J connectivity index is 2.11. The van der Waals surface area contributed by atoms with Crippen LogP contribution in [0.2, 0.25) is 4.34 Å². The molecule has 2 aromatic rings. The van der Waals surface area contributed by atoms with E-state index in [-0.39, 0.29) is 5.91 Å². The van der Waals surface area contributed by atoms with Gasteiger partial charge in [-0.25, -0.2) is 4.79 Å². The lowest BCUT2D eigenvalue weighted by atomic mass is 10.2. The lowest BCUT2D eigenvalue weighted by Crippen LogP contribution is -2.09. The van der Waals surface area contributed by atoms with Gasteiger partial charge in [-0.05, 0) is 35.9 Å². The van der Waals surface area contributed by atoms with Crippen LogP contribution in [0.5, 0.6) is 0 Å². The summed E-state index contributed by atoms with van der Waals surface area (Å²) >= 11 is 6.97. The Labute approximate surface area is 124 Å². The standard InChI is InChI=1S/C14H10ClNO3S/c15-12-6-5-11(20-12)14(19)16-10-3-1-2-9(8-10)4-7-13(17)18/h1-8H,(H,16,19)(H,17,18)/b7-4+. The SMILES string of the molecule is O=C(O)/C=C/c1cccc(NC(=O)c2ccc(Cl)s2)c1. The van der Waals surface area contributed by atoms with Gasteiger partial charge in [0.05, 0.1) is 9.21 Å². The second-order valence-corrected chi connectivity index (χ2v) is 5.57. The van der Waals surface area contributed by atoms with E-state index >= 15 is 0 Å². The maximum atomic E-state index is 11.9. The van der Waals surface area contributed by atoms with Crippen LogP contribution in [-0.2, 0) is 4.79 Å². The van der Waals surface area contributed by atoms with Crippen molar-refractivity contribution < 1.29 is 14.7 Å². The van der Waals surface area contributed by atoms with Gasteiger partial charge in [-0.3, -0.25) is 4.79 Å². The molecular weight excluding hydrogens is 298 g/mol. The van der Waals surface area contributed by atoms with Crippen LogP contribution in [0.1, 0.15) is 15.2 Å². The zero-order chi connectivity index (χ0) is 14.5.